The van der Waals surface area contributed by atoms with Crippen LogP contribution < -0.4 is 14.9 Å². The molecule has 1 aromatic heterocycles. The molecule has 1 amide bonds. The Labute approximate surface area is 216 Å². The number of carbonyl (C=O) groups is 1. The van der Waals surface area contributed by atoms with E-state index in [0.717, 1.165) is 21.0 Å². The van der Waals surface area contributed by atoms with Crippen LogP contribution in [0.1, 0.15) is 28.6 Å². The Morgan fingerprint density at radius 2 is 1.78 bits per heavy atom. The highest BCUT2D eigenvalue weighted by atomic mass is 79.9. The minimum atomic E-state index is -0.432. The zero-order valence-electron chi connectivity index (χ0n) is 19.5. The maximum atomic E-state index is 12.4. The van der Waals surface area contributed by atoms with Gasteiger partial charge in [-0.15, -0.1) is 0 Å². The van der Waals surface area contributed by atoms with Crippen molar-refractivity contribution >= 4 is 49.8 Å². The zero-order valence-corrected chi connectivity index (χ0v) is 21.1. The van der Waals surface area contributed by atoms with E-state index in [1.54, 1.807) is 18.3 Å². The van der Waals surface area contributed by atoms with Crippen LogP contribution in [-0.2, 0) is 6.61 Å². The van der Waals surface area contributed by atoms with E-state index in [9.17, 15) is 4.79 Å². The van der Waals surface area contributed by atoms with Crippen LogP contribution in [0.3, 0.4) is 0 Å². The molecule has 0 atom stereocenters. The molecule has 0 unspecified atom stereocenters. The molecule has 0 spiro atoms. The average molecular weight is 543 g/mol. The third-order valence-electron chi connectivity index (χ3n) is 5.56. The smallest absolute Gasteiger partial charge is 0.307 e. The maximum absolute atomic E-state index is 12.4. The number of rotatable bonds is 8. The second kappa shape index (κ2) is 10.7. The number of halogens is 1. The number of benzene rings is 4. The molecule has 0 aliphatic rings. The summed E-state index contributed by atoms with van der Waals surface area (Å²) in [5, 5.41) is 7.27. The van der Waals surface area contributed by atoms with E-state index in [2.05, 4.69) is 56.8 Å². The van der Waals surface area contributed by atoms with E-state index in [4.69, 9.17) is 13.9 Å². The number of hydrogen-bond acceptors (Lipinski definition) is 5. The largest absolute Gasteiger partial charge is 0.490 e. The molecular formula is C29H23BrN2O4. The Morgan fingerprint density at radius 3 is 2.64 bits per heavy atom. The number of nitrogens with one attached hydrogen (secondary N) is 1. The highest BCUT2D eigenvalue weighted by molar-refractivity contribution is 9.10. The molecule has 6 nitrogen and oxygen atoms in total. The number of amides is 1. The molecular weight excluding hydrogens is 520 g/mol. The van der Waals surface area contributed by atoms with Crippen molar-refractivity contribution in [2.75, 3.05) is 6.61 Å². The second-order valence-electron chi connectivity index (χ2n) is 8.10. The third-order valence-corrected chi connectivity index (χ3v) is 6.05. The molecule has 0 aliphatic heterocycles. The quantitative estimate of drug-likeness (QED) is 0.168. The van der Waals surface area contributed by atoms with Gasteiger partial charge in [0, 0.05) is 9.86 Å². The van der Waals surface area contributed by atoms with Crippen molar-refractivity contribution in [2.45, 2.75) is 13.5 Å². The van der Waals surface area contributed by atoms with Crippen molar-refractivity contribution in [3.63, 3.8) is 0 Å². The summed E-state index contributed by atoms with van der Waals surface area (Å²) >= 11 is 3.41. The molecule has 0 bridgehead atoms. The van der Waals surface area contributed by atoms with Crippen LogP contribution in [0.2, 0.25) is 0 Å². The molecule has 0 saturated carbocycles. The number of carbonyl (C=O) groups excluding carboxylic acids is 1. The lowest BCUT2D eigenvalue weighted by atomic mass is 10.1. The summed E-state index contributed by atoms with van der Waals surface area (Å²) < 4.78 is 18.4. The first kappa shape index (κ1) is 23.6. The Morgan fingerprint density at radius 1 is 0.917 bits per heavy atom. The summed E-state index contributed by atoms with van der Waals surface area (Å²) in [4.78, 5) is 12.4. The molecule has 1 N–H and O–H groups in total. The van der Waals surface area contributed by atoms with Gasteiger partial charge in [0.15, 0.2) is 17.3 Å². The Hall–Kier alpha value is -4.10. The molecule has 36 heavy (non-hydrogen) atoms. The lowest BCUT2D eigenvalue weighted by Crippen LogP contribution is -2.16. The van der Waals surface area contributed by atoms with Crippen LogP contribution in [0.4, 0.5) is 0 Å². The fourth-order valence-corrected chi connectivity index (χ4v) is 4.21. The molecule has 0 saturated heterocycles. The van der Waals surface area contributed by atoms with Gasteiger partial charge >= 0.3 is 5.91 Å². The summed E-state index contributed by atoms with van der Waals surface area (Å²) in [5.41, 5.74) is 4.96. The van der Waals surface area contributed by atoms with Crippen molar-refractivity contribution in [3.8, 4) is 11.5 Å². The molecule has 5 aromatic rings. The monoisotopic (exact) mass is 542 g/mol. The number of hydrogen-bond donors (Lipinski definition) is 1. The van der Waals surface area contributed by atoms with E-state index >= 15 is 0 Å². The van der Waals surface area contributed by atoms with Crippen molar-refractivity contribution in [3.05, 3.63) is 106 Å². The number of ether oxygens (including phenoxy) is 2. The van der Waals surface area contributed by atoms with Gasteiger partial charge in [0.25, 0.3) is 0 Å². The number of nitrogens with zero attached hydrogens (tertiary/aromatic N) is 1. The van der Waals surface area contributed by atoms with E-state index in [0.29, 0.717) is 30.3 Å². The van der Waals surface area contributed by atoms with Crippen LogP contribution in [0.5, 0.6) is 11.5 Å². The predicted molar refractivity (Wildman–Crippen MR) is 145 cm³/mol. The van der Waals surface area contributed by atoms with Gasteiger partial charge in [-0.25, -0.2) is 5.43 Å². The number of hydrazone groups is 1. The first-order valence-electron chi connectivity index (χ1n) is 11.5. The third kappa shape index (κ3) is 5.42. The van der Waals surface area contributed by atoms with Gasteiger partial charge in [-0.05, 0) is 77.4 Å². The highest BCUT2D eigenvalue weighted by Gasteiger charge is 2.12. The molecule has 5 rings (SSSR count). The molecule has 0 fully saturated rings. The van der Waals surface area contributed by atoms with Gasteiger partial charge in [0.2, 0.25) is 0 Å². The van der Waals surface area contributed by atoms with Gasteiger partial charge in [0.1, 0.15) is 12.2 Å². The molecule has 0 aliphatic carbocycles. The molecule has 7 heteroatoms. The molecule has 4 aromatic carbocycles. The SMILES string of the molecule is CCOc1cc(/C=N/NC(=O)c2cc3cc(Br)ccc3o2)ccc1OCc1ccc2ccccc2c1. The summed E-state index contributed by atoms with van der Waals surface area (Å²) in [6.45, 7) is 2.83. The lowest BCUT2D eigenvalue weighted by molar-refractivity contribution is 0.0929. The van der Waals surface area contributed by atoms with Gasteiger partial charge in [-0.3, -0.25) is 4.79 Å². The van der Waals surface area contributed by atoms with Crippen LogP contribution in [0.15, 0.2) is 98.9 Å². The standard InChI is InChI=1S/C29H23BrN2O4/c1-2-34-27-14-19(17-31-32-29(33)28-16-23-15-24(30)10-12-25(23)36-28)8-11-26(27)35-18-20-7-9-21-5-3-4-6-22(21)13-20/h3-17H,2,18H2,1H3,(H,32,33)/b31-17+. The highest BCUT2D eigenvalue weighted by Crippen LogP contribution is 2.29. The number of furan rings is 1. The van der Waals surface area contributed by atoms with Crippen LogP contribution in [0, 0.1) is 0 Å². The van der Waals surface area contributed by atoms with Crippen LogP contribution in [0.25, 0.3) is 21.7 Å². The van der Waals surface area contributed by atoms with Crippen molar-refractivity contribution in [1.82, 2.24) is 5.43 Å². The van der Waals surface area contributed by atoms with Crippen molar-refractivity contribution < 1.29 is 18.7 Å². The van der Waals surface area contributed by atoms with Crippen molar-refractivity contribution in [1.29, 1.82) is 0 Å². The topological polar surface area (TPSA) is 73.1 Å². The van der Waals surface area contributed by atoms with Gasteiger partial charge in [-0.2, -0.15) is 5.10 Å². The minimum Gasteiger partial charge on any atom is -0.490 e. The van der Waals surface area contributed by atoms with Crippen LogP contribution >= 0.6 is 15.9 Å². The Kier molecular flexibility index (Phi) is 7.00. The fourth-order valence-electron chi connectivity index (χ4n) is 3.83. The average Bonchev–Trinajstić information content (AvgIpc) is 3.32. The summed E-state index contributed by atoms with van der Waals surface area (Å²) in [7, 11) is 0. The molecule has 1 heterocycles. The summed E-state index contributed by atoms with van der Waals surface area (Å²) in [5.74, 6) is 1.00. The summed E-state index contributed by atoms with van der Waals surface area (Å²) in [6, 6.07) is 27.3. The fraction of sp³-hybridized carbons (Fsp3) is 0.103. The normalized spacial score (nSPS) is 11.3. The van der Waals surface area contributed by atoms with Crippen molar-refractivity contribution in [2.24, 2.45) is 5.10 Å². The lowest BCUT2D eigenvalue weighted by Gasteiger charge is -2.13. The van der Waals surface area contributed by atoms with E-state index in [1.807, 2.05) is 49.4 Å². The van der Waals surface area contributed by atoms with Gasteiger partial charge < -0.3 is 13.9 Å². The predicted octanol–water partition coefficient (Wildman–Crippen LogP) is 7.09. The van der Waals surface area contributed by atoms with Gasteiger partial charge in [0.05, 0.1) is 12.8 Å². The van der Waals surface area contributed by atoms with Crippen LogP contribution in [-0.4, -0.2) is 18.7 Å². The first-order valence-corrected chi connectivity index (χ1v) is 12.3. The number of fused-ring (bicyclic) bond motifs is 2. The molecule has 180 valence electrons. The zero-order chi connectivity index (χ0) is 24.9. The van der Waals surface area contributed by atoms with E-state index < -0.39 is 5.91 Å². The second-order valence-corrected chi connectivity index (χ2v) is 9.02. The van der Waals surface area contributed by atoms with E-state index in [1.165, 1.54) is 10.8 Å². The Bertz CT molecular complexity index is 1570. The maximum Gasteiger partial charge on any atom is 0.307 e. The first-order chi connectivity index (χ1) is 17.6. The Balaban J connectivity index is 1.25. The summed E-state index contributed by atoms with van der Waals surface area (Å²) in [6.07, 6.45) is 1.55. The van der Waals surface area contributed by atoms with Gasteiger partial charge in [-0.1, -0.05) is 52.3 Å². The molecule has 0 radical (unpaired) electrons. The van der Waals surface area contributed by atoms with E-state index in [-0.39, 0.29) is 5.76 Å². The minimum absolute atomic E-state index is 0.188.